The number of unbranched alkanes of at least 4 members (excludes halogenated alkanes) is 10. The number of phosphoric ester groups is 1. The quantitative estimate of drug-likeness (QED) is 0.0199. The van der Waals surface area contributed by atoms with Gasteiger partial charge in [0, 0.05) is 6.42 Å². The average molecular weight is 966 g/mol. The van der Waals surface area contributed by atoms with E-state index in [9.17, 15) is 34.1 Å². The SMILES string of the molecule is CC/C=C\C/C=C\C/C=C\C/C=C\C/C=C\C/C=C\C/C=C\CC(=O)OCC(O)COP(=O)(O)OCC(NC(=O)CCCCCCCCC/C=C\C/C=C\C/C=C\C/C=C\CCCCC)C(=O)O. The van der Waals surface area contributed by atoms with Gasteiger partial charge in [-0.15, -0.1) is 0 Å². The first-order chi connectivity index (χ1) is 33.1. The molecule has 0 aromatic heterocycles. The number of rotatable bonds is 45. The fraction of sp³-hybridized carbons (Fsp3) is 0.554. The molecule has 0 aliphatic rings. The molecule has 3 unspecified atom stereocenters. The van der Waals surface area contributed by atoms with Gasteiger partial charge in [0.05, 0.1) is 19.6 Å². The van der Waals surface area contributed by atoms with Crippen molar-refractivity contribution in [2.45, 2.75) is 180 Å². The number of allylic oxidation sites excluding steroid dienone is 21. The predicted octanol–water partition coefficient (Wildman–Crippen LogP) is 14.1. The molecule has 0 aliphatic heterocycles. The van der Waals surface area contributed by atoms with E-state index in [0.29, 0.717) is 12.8 Å². The highest BCUT2D eigenvalue weighted by Crippen LogP contribution is 2.43. The van der Waals surface area contributed by atoms with Crippen LogP contribution in [0.2, 0.25) is 0 Å². The van der Waals surface area contributed by atoms with Gasteiger partial charge in [-0.1, -0.05) is 192 Å². The number of carboxylic acid groups (broad SMARTS) is 1. The number of aliphatic carboxylic acids is 1. The molecule has 68 heavy (non-hydrogen) atoms. The first-order valence-corrected chi connectivity index (χ1v) is 26.7. The van der Waals surface area contributed by atoms with E-state index in [1.807, 2.05) is 18.2 Å². The highest BCUT2D eigenvalue weighted by atomic mass is 31.2. The molecule has 0 bridgehead atoms. The summed E-state index contributed by atoms with van der Waals surface area (Å²) in [6.45, 7) is 2.33. The third-order valence-electron chi connectivity index (χ3n) is 9.96. The van der Waals surface area contributed by atoms with E-state index in [1.54, 1.807) is 6.08 Å². The molecule has 0 heterocycles. The Labute approximate surface area is 411 Å². The molecule has 0 rings (SSSR count). The fourth-order valence-electron chi connectivity index (χ4n) is 6.09. The van der Waals surface area contributed by atoms with Crippen LogP contribution in [0.3, 0.4) is 0 Å². The Balaban J connectivity index is 4.01. The van der Waals surface area contributed by atoms with Crippen molar-refractivity contribution in [2.24, 2.45) is 0 Å². The summed E-state index contributed by atoms with van der Waals surface area (Å²) in [4.78, 5) is 46.1. The molecule has 0 saturated carbocycles. The number of hydrogen-bond donors (Lipinski definition) is 4. The van der Waals surface area contributed by atoms with E-state index in [2.05, 4.69) is 129 Å². The van der Waals surface area contributed by atoms with E-state index >= 15 is 0 Å². The number of carboxylic acids is 1. The van der Waals surface area contributed by atoms with Crippen LogP contribution in [0.1, 0.15) is 168 Å². The standard InChI is InChI=1S/C56H88NO10P/c1-3-5-7-9-11-13-15-17-19-21-23-25-26-28-29-31-33-35-37-39-41-43-45-47-54(59)57-53(56(61)62)51-67-68(63,64)66-50-52(58)49-65-55(60)48-46-44-42-40-38-36-34-32-30-27-24-22-20-18-16-14-12-10-8-6-4-2/h6,8,11-14,17-20,23-25,27-29,32,34,38,40,44,46,52-53,58H,3-5,7,9-10,15-16,21-22,26,30-31,33,35-37,39,41-43,45,47-51H2,1-2H3,(H,57,59)(H,61,62)(H,63,64)/b8-6-,13-11-,14-12-,19-17-,20-18-,25-23-,27-24-,29-28-,34-32-,40-38-,46-44-. The molecule has 0 saturated heterocycles. The molecule has 0 aromatic rings. The van der Waals surface area contributed by atoms with E-state index in [-0.39, 0.29) is 12.8 Å². The van der Waals surface area contributed by atoms with Crippen LogP contribution in [-0.4, -0.2) is 64.9 Å². The van der Waals surface area contributed by atoms with Gasteiger partial charge < -0.3 is 25.2 Å². The predicted molar refractivity (Wildman–Crippen MR) is 281 cm³/mol. The number of phosphoric acid groups is 1. The molecular formula is C56H88NO10P. The number of carbonyl (C=O) groups is 3. The topological polar surface area (TPSA) is 169 Å². The summed E-state index contributed by atoms with van der Waals surface area (Å²) in [6.07, 6.45) is 67.8. The lowest BCUT2D eigenvalue weighted by Crippen LogP contribution is -2.43. The number of amides is 1. The Morgan fingerprint density at radius 3 is 1.32 bits per heavy atom. The molecule has 11 nitrogen and oxygen atoms in total. The third-order valence-corrected chi connectivity index (χ3v) is 10.9. The number of hydrogen-bond acceptors (Lipinski definition) is 8. The van der Waals surface area contributed by atoms with Crippen molar-refractivity contribution in [2.75, 3.05) is 19.8 Å². The minimum atomic E-state index is -4.80. The molecule has 0 aromatic carbocycles. The van der Waals surface area contributed by atoms with Gasteiger partial charge >= 0.3 is 19.8 Å². The van der Waals surface area contributed by atoms with Crippen LogP contribution < -0.4 is 5.32 Å². The maximum absolute atomic E-state index is 12.4. The van der Waals surface area contributed by atoms with Gasteiger partial charge in [0.1, 0.15) is 12.7 Å². The molecule has 0 radical (unpaired) electrons. The van der Waals surface area contributed by atoms with Gasteiger partial charge in [-0.2, -0.15) is 0 Å². The first-order valence-electron chi connectivity index (χ1n) is 25.2. The van der Waals surface area contributed by atoms with Crippen molar-refractivity contribution in [1.82, 2.24) is 5.32 Å². The van der Waals surface area contributed by atoms with Crippen LogP contribution in [0.5, 0.6) is 0 Å². The first kappa shape index (κ1) is 63.6. The van der Waals surface area contributed by atoms with Crippen LogP contribution in [0.4, 0.5) is 0 Å². The maximum Gasteiger partial charge on any atom is 0.472 e. The second kappa shape index (κ2) is 49.1. The van der Waals surface area contributed by atoms with Crippen LogP contribution in [0.15, 0.2) is 134 Å². The monoisotopic (exact) mass is 966 g/mol. The van der Waals surface area contributed by atoms with Crippen molar-refractivity contribution in [3.05, 3.63) is 134 Å². The van der Waals surface area contributed by atoms with Gasteiger partial charge in [0.2, 0.25) is 5.91 Å². The summed E-state index contributed by atoms with van der Waals surface area (Å²) >= 11 is 0. The zero-order valence-electron chi connectivity index (χ0n) is 41.6. The fourth-order valence-corrected chi connectivity index (χ4v) is 6.86. The summed E-state index contributed by atoms with van der Waals surface area (Å²) in [7, 11) is -4.80. The number of esters is 1. The van der Waals surface area contributed by atoms with Crippen LogP contribution in [0.25, 0.3) is 0 Å². The Morgan fingerprint density at radius 1 is 0.500 bits per heavy atom. The summed E-state index contributed by atoms with van der Waals surface area (Å²) in [5, 5.41) is 21.9. The highest BCUT2D eigenvalue weighted by Gasteiger charge is 2.28. The Hall–Kier alpha value is -4.38. The summed E-state index contributed by atoms with van der Waals surface area (Å²) in [5.74, 6) is -2.55. The largest absolute Gasteiger partial charge is 0.480 e. The van der Waals surface area contributed by atoms with Crippen molar-refractivity contribution < 1.29 is 47.8 Å². The van der Waals surface area contributed by atoms with E-state index in [1.165, 1.54) is 25.7 Å². The number of carbonyl (C=O) groups excluding carboxylic acids is 2. The Bertz CT molecular complexity index is 1650. The number of nitrogens with one attached hydrogen (secondary N) is 1. The lowest BCUT2D eigenvalue weighted by atomic mass is 10.1. The Morgan fingerprint density at radius 2 is 0.882 bits per heavy atom. The molecule has 1 amide bonds. The molecular weight excluding hydrogens is 878 g/mol. The molecule has 0 aliphatic carbocycles. The van der Waals surface area contributed by atoms with Crippen molar-refractivity contribution >= 4 is 25.7 Å². The van der Waals surface area contributed by atoms with Gasteiger partial charge in [-0.3, -0.25) is 18.6 Å². The van der Waals surface area contributed by atoms with Gasteiger partial charge in [0.15, 0.2) is 6.04 Å². The zero-order chi connectivity index (χ0) is 49.9. The number of aliphatic hydroxyl groups is 1. The van der Waals surface area contributed by atoms with Crippen molar-refractivity contribution in [1.29, 1.82) is 0 Å². The van der Waals surface area contributed by atoms with E-state index in [0.717, 1.165) is 103 Å². The number of ether oxygens (including phenoxy) is 1. The average Bonchev–Trinajstić information content (AvgIpc) is 3.32. The molecule has 0 fully saturated rings. The van der Waals surface area contributed by atoms with Crippen LogP contribution >= 0.6 is 7.82 Å². The summed E-state index contributed by atoms with van der Waals surface area (Å²) in [6, 6.07) is -1.57. The van der Waals surface area contributed by atoms with Crippen molar-refractivity contribution in [3.8, 4) is 0 Å². The van der Waals surface area contributed by atoms with Crippen LogP contribution in [-0.2, 0) is 32.7 Å². The van der Waals surface area contributed by atoms with Crippen LogP contribution in [0, 0.1) is 0 Å². The molecule has 12 heteroatoms. The van der Waals surface area contributed by atoms with Gasteiger partial charge in [0.25, 0.3) is 0 Å². The second-order valence-corrected chi connectivity index (χ2v) is 17.7. The second-order valence-electron chi connectivity index (χ2n) is 16.3. The minimum absolute atomic E-state index is 0.0195. The summed E-state index contributed by atoms with van der Waals surface area (Å²) < 4.78 is 26.8. The lowest BCUT2D eigenvalue weighted by molar-refractivity contribution is -0.146. The molecule has 4 N–H and O–H groups in total. The Kier molecular flexibility index (Phi) is 45.9. The highest BCUT2D eigenvalue weighted by molar-refractivity contribution is 7.47. The molecule has 0 spiro atoms. The minimum Gasteiger partial charge on any atom is -0.480 e. The molecule has 382 valence electrons. The summed E-state index contributed by atoms with van der Waals surface area (Å²) in [5.41, 5.74) is 0. The van der Waals surface area contributed by atoms with E-state index in [4.69, 9.17) is 13.8 Å². The third kappa shape index (κ3) is 48.1. The molecule has 3 atom stereocenters. The normalized spacial score (nSPS) is 14.6. The van der Waals surface area contributed by atoms with Gasteiger partial charge in [-0.25, -0.2) is 9.36 Å². The van der Waals surface area contributed by atoms with E-state index < -0.39 is 57.6 Å². The maximum atomic E-state index is 12.4. The smallest absolute Gasteiger partial charge is 0.472 e. The lowest BCUT2D eigenvalue weighted by Gasteiger charge is -2.18. The van der Waals surface area contributed by atoms with Gasteiger partial charge in [-0.05, 0) is 96.3 Å². The van der Waals surface area contributed by atoms with Crippen molar-refractivity contribution in [3.63, 3.8) is 0 Å². The number of aliphatic hydroxyl groups excluding tert-OH is 1. The zero-order valence-corrected chi connectivity index (χ0v) is 42.5.